The van der Waals surface area contributed by atoms with Crippen molar-refractivity contribution < 1.29 is 18.7 Å². The van der Waals surface area contributed by atoms with Crippen molar-refractivity contribution in [3.63, 3.8) is 0 Å². The van der Waals surface area contributed by atoms with Crippen LogP contribution < -0.4 is 0 Å². The van der Waals surface area contributed by atoms with Gasteiger partial charge in [-0.25, -0.2) is 18.6 Å². The minimum absolute atomic E-state index is 0.218. The van der Waals surface area contributed by atoms with Crippen LogP contribution in [0.25, 0.3) is 22.4 Å². The van der Waals surface area contributed by atoms with E-state index in [0.29, 0.717) is 5.82 Å². The fraction of sp³-hybridized carbons (Fsp3) is 0.176. The Hall–Kier alpha value is -2.76. The summed E-state index contributed by atoms with van der Waals surface area (Å²) in [5, 5.41) is 9.36. The van der Waals surface area contributed by atoms with Crippen LogP contribution in [0, 0.1) is 18.6 Å². The molecule has 0 aliphatic carbocycles. The second-order valence-corrected chi connectivity index (χ2v) is 5.39. The number of halogens is 2. The van der Waals surface area contributed by atoms with Gasteiger partial charge in [0.2, 0.25) is 0 Å². The number of carboxylic acid groups (broad SMARTS) is 1. The zero-order valence-electron chi connectivity index (χ0n) is 12.5. The highest BCUT2D eigenvalue weighted by atomic mass is 19.2. The van der Waals surface area contributed by atoms with E-state index in [1.165, 1.54) is 11.5 Å². The molecule has 1 heterocycles. The number of carbonyl (C=O) groups is 1. The number of nitrogens with zero attached hydrogens (tertiary/aromatic N) is 2. The first-order chi connectivity index (χ1) is 10.9. The normalized spacial score (nSPS) is 12.5. The first kappa shape index (κ1) is 15.1. The second kappa shape index (κ2) is 5.46. The SMILES string of the molecule is Cc1ccccc1-c1nc2cc(F)c(F)cc2n1C(C)C(=O)O. The zero-order chi connectivity index (χ0) is 16.7. The minimum Gasteiger partial charge on any atom is -0.480 e. The molecule has 1 N–H and O–H groups in total. The molecule has 0 fully saturated rings. The van der Waals surface area contributed by atoms with Crippen molar-refractivity contribution in [2.24, 2.45) is 0 Å². The van der Waals surface area contributed by atoms with E-state index in [1.54, 1.807) is 12.1 Å². The summed E-state index contributed by atoms with van der Waals surface area (Å²) >= 11 is 0. The van der Waals surface area contributed by atoms with Crippen LogP contribution in [0.5, 0.6) is 0 Å². The topological polar surface area (TPSA) is 55.1 Å². The molecule has 0 saturated heterocycles. The molecular formula is C17H14F2N2O2. The van der Waals surface area contributed by atoms with Gasteiger partial charge in [0.15, 0.2) is 11.6 Å². The Balaban J connectivity index is 2.39. The molecule has 0 bridgehead atoms. The second-order valence-electron chi connectivity index (χ2n) is 5.39. The molecule has 3 aromatic rings. The number of aromatic nitrogens is 2. The lowest BCUT2D eigenvalue weighted by Gasteiger charge is -2.15. The van der Waals surface area contributed by atoms with Gasteiger partial charge in [-0.3, -0.25) is 0 Å². The molecule has 3 rings (SSSR count). The Kier molecular flexibility index (Phi) is 3.60. The van der Waals surface area contributed by atoms with Crippen LogP contribution in [0.1, 0.15) is 18.5 Å². The molecule has 118 valence electrons. The predicted molar refractivity (Wildman–Crippen MR) is 82.2 cm³/mol. The van der Waals surface area contributed by atoms with Crippen molar-refractivity contribution in [3.8, 4) is 11.4 Å². The highest BCUT2D eigenvalue weighted by molar-refractivity contribution is 5.85. The summed E-state index contributed by atoms with van der Waals surface area (Å²) < 4.78 is 28.5. The number of rotatable bonds is 3. The van der Waals surface area contributed by atoms with Crippen LogP contribution in [0.4, 0.5) is 8.78 Å². The van der Waals surface area contributed by atoms with Crippen molar-refractivity contribution >= 4 is 17.0 Å². The van der Waals surface area contributed by atoms with E-state index in [-0.39, 0.29) is 11.0 Å². The lowest BCUT2D eigenvalue weighted by molar-refractivity contribution is -0.140. The van der Waals surface area contributed by atoms with Gasteiger partial charge in [-0.15, -0.1) is 0 Å². The monoisotopic (exact) mass is 316 g/mol. The first-order valence-corrected chi connectivity index (χ1v) is 7.06. The number of hydrogen-bond donors (Lipinski definition) is 1. The smallest absolute Gasteiger partial charge is 0.326 e. The summed E-state index contributed by atoms with van der Waals surface area (Å²) in [6, 6.07) is 8.32. The summed E-state index contributed by atoms with van der Waals surface area (Å²) in [5.74, 6) is -2.75. The molecule has 4 nitrogen and oxygen atoms in total. The third-order valence-electron chi connectivity index (χ3n) is 3.86. The molecule has 0 radical (unpaired) electrons. The van der Waals surface area contributed by atoms with Crippen LogP contribution in [0.2, 0.25) is 0 Å². The lowest BCUT2D eigenvalue weighted by atomic mass is 10.1. The van der Waals surface area contributed by atoms with Gasteiger partial charge in [0.05, 0.1) is 11.0 Å². The average Bonchev–Trinajstić information content (AvgIpc) is 2.85. The van der Waals surface area contributed by atoms with E-state index < -0.39 is 23.6 Å². The number of aryl methyl sites for hydroxylation is 1. The highest BCUT2D eigenvalue weighted by Crippen LogP contribution is 2.31. The van der Waals surface area contributed by atoms with Gasteiger partial charge in [-0.05, 0) is 19.4 Å². The molecule has 2 aromatic carbocycles. The van der Waals surface area contributed by atoms with Crippen molar-refractivity contribution in [2.45, 2.75) is 19.9 Å². The maximum Gasteiger partial charge on any atom is 0.326 e. The minimum atomic E-state index is -1.08. The van der Waals surface area contributed by atoms with E-state index in [0.717, 1.165) is 23.3 Å². The van der Waals surface area contributed by atoms with Crippen molar-refractivity contribution in [2.75, 3.05) is 0 Å². The summed E-state index contributed by atoms with van der Waals surface area (Å²) in [5.41, 5.74) is 2.08. The summed E-state index contributed by atoms with van der Waals surface area (Å²) in [4.78, 5) is 15.8. The lowest BCUT2D eigenvalue weighted by Crippen LogP contribution is -2.16. The van der Waals surface area contributed by atoms with E-state index in [1.807, 2.05) is 19.1 Å². The number of fused-ring (bicyclic) bond motifs is 1. The molecule has 23 heavy (non-hydrogen) atoms. The highest BCUT2D eigenvalue weighted by Gasteiger charge is 2.23. The van der Waals surface area contributed by atoms with Gasteiger partial charge >= 0.3 is 5.97 Å². The molecule has 1 aromatic heterocycles. The number of hydrogen-bond acceptors (Lipinski definition) is 2. The van der Waals surface area contributed by atoms with Crippen LogP contribution in [-0.2, 0) is 4.79 Å². The van der Waals surface area contributed by atoms with Crippen LogP contribution in [0.3, 0.4) is 0 Å². The van der Waals surface area contributed by atoms with Crippen molar-refractivity contribution in [1.29, 1.82) is 0 Å². The van der Waals surface area contributed by atoms with Crippen LogP contribution in [-0.4, -0.2) is 20.6 Å². The van der Waals surface area contributed by atoms with E-state index in [9.17, 15) is 18.7 Å². The van der Waals surface area contributed by atoms with E-state index in [2.05, 4.69) is 4.98 Å². The van der Waals surface area contributed by atoms with Crippen molar-refractivity contribution in [3.05, 3.63) is 53.6 Å². The molecule has 1 atom stereocenters. The largest absolute Gasteiger partial charge is 0.480 e. The Morgan fingerprint density at radius 3 is 2.52 bits per heavy atom. The van der Waals surface area contributed by atoms with Crippen molar-refractivity contribution in [1.82, 2.24) is 9.55 Å². The Morgan fingerprint density at radius 2 is 1.87 bits per heavy atom. The number of carboxylic acids is 1. The molecule has 1 unspecified atom stereocenters. The molecule has 0 amide bonds. The third-order valence-corrected chi connectivity index (χ3v) is 3.86. The van der Waals surface area contributed by atoms with Gasteiger partial charge in [0.1, 0.15) is 11.9 Å². The van der Waals surface area contributed by atoms with Gasteiger partial charge in [-0.1, -0.05) is 24.3 Å². The number of aliphatic carboxylic acids is 1. The van der Waals surface area contributed by atoms with Gasteiger partial charge in [-0.2, -0.15) is 0 Å². The molecule has 0 aliphatic rings. The van der Waals surface area contributed by atoms with Gasteiger partial charge in [0.25, 0.3) is 0 Å². The summed E-state index contributed by atoms with van der Waals surface area (Å²) in [6.45, 7) is 3.35. The fourth-order valence-corrected chi connectivity index (χ4v) is 2.61. The Labute approximate surface area is 131 Å². The number of imidazole rings is 1. The Morgan fingerprint density at radius 1 is 1.22 bits per heavy atom. The molecule has 0 saturated carbocycles. The Bertz CT molecular complexity index is 918. The van der Waals surface area contributed by atoms with Crippen LogP contribution in [0.15, 0.2) is 36.4 Å². The van der Waals surface area contributed by atoms with E-state index >= 15 is 0 Å². The molecular weight excluding hydrogens is 302 g/mol. The third kappa shape index (κ3) is 2.46. The van der Waals surface area contributed by atoms with Gasteiger partial charge < -0.3 is 9.67 Å². The summed E-state index contributed by atoms with van der Waals surface area (Å²) in [6.07, 6.45) is 0. The molecule has 0 spiro atoms. The maximum atomic E-state index is 13.6. The quantitative estimate of drug-likeness (QED) is 0.796. The maximum absolute atomic E-state index is 13.6. The standard InChI is InChI=1S/C17H14F2N2O2/c1-9-5-3-4-6-11(9)16-20-14-7-12(18)13(19)8-15(14)21(16)10(2)17(22)23/h3-8,10H,1-2H3,(H,22,23). The van der Waals surface area contributed by atoms with E-state index in [4.69, 9.17) is 0 Å². The summed E-state index contributed by atoms with van der Waals surface area (Å²) in [7, 11) is 0. The predicted octanol–water partition coefficient (Wildman–Crippen LogP) is 3.94. The molecule has 6 heteroatoms. The number of benzene rings is 2. The fourth-order valence-electron chi connectivity index (χ4n) is 2.61. The molecule has 0 aliphatic heterocycles. The zero-order valence-corrected chi connectivity index (χ0v) is 12.5. The van der Waals surface area contributed by atoms with Gasteiger partial charge in [0, 0.05) is 17.7 Å². The van der Waals surface area contributed by atoms with Crippen LogP contribution >= 0.6 is 0 Å². The average molecular weight is 316 g/mol. The first-order valence-electron chi connectivity index (χ1n) is 7.06.